The Bertz CT molecular complexity index is 397. The molecule has 17 heavy (non-hydrogen) atoms. The van der Waals surface area contributed by atoms with Crippen molar-refractivity contribution in [3.8, 4) is 0 Å². The predicted octanol–water partition coefficient (Wildman–Crippen LogP) is 3.31. The van der Waals surface area contributed by atoms with Crippen molar-refractivity contribution in [1.29, 1.82) is 0 Å². The molecule has 0 spiro atoms. The summed E-state index contributed by atoms with van der Waals surface area (Å²) in [5, 5.41) is 9.46. The number of carboxylic acid groups (broad SMARTS) is 1. The van der Waals surface area contributed by atoms with Gasteiger partial charge in [0.2, 0.25) is 0 Å². The summed E-state index contributed by atoms with van der Waals surface area (Å²) in [5.74, 6) is 1.43. The van der Waals surface area contributed by atoms with Gasteiger partial charge < -0.3 is 5.11 Å². The van der Waals surface area contributed by atoms with Crippen LogP contribution in [-0.2, 0) is 4.79 Å². The summed E-state index contributed by atoms with van der Waals surface area (Å²) in [5.41, 5.74) is 2.10. The number of hydrogen-bond donors (Lipinski definition) is 1. The van der Waals surface area contributed by atoms with Crippen molar-refractivity contribution < 1.29 is 9.90 Å². The van der Waals surface area contributed by atoms with Crippen molar-refractivity contribution in [2.24, 2.45) is 5.92 Å². The number of hydrogen-bond acceptors (Lipinski definition) is 2. The van der Waals surface area contributed by atoms with E-state index >= 15 is 0 Å². The zero-order valence-corrected chi connectivity index (χ0v) is 10.9. The maximum atomic E-state index is 11.5. The van der Waals surface area contributed by atoms with Gasteiger partial charge in [-0.05, 0) is 42.8 Å². The normalized spacial score (nSPS) is 22.1. The van der Waals surface area contributed by atoms with Crippen LogP contribution in [0.15, 0.2) is 24.3 Å². The standard InChI is InChI=1S/C14H18O2S/c1-10-4-2-5-11(8-10)13(14(15)16)12-6-3-7-17-9-12/h2,4-5,8,12-13H,3,6-7,9H2,1H3,(H,15,16). The SMILES string of the molecule is Cc1cccc(C(C(=O)O)C2CCCSC2)c1. The van der Waals surface area contributed by atoms with E-state index in [-0.39, 0.29) is 11.8 Å². The molecule has 1 aromatic rings. The summed E-state index contributed by atoms with van der Waals surface area (Å²) in [7, 11) is 0. The van der Waals surface area contributed by atoms with E-state index in [2.05, 4.69) is 0 Å². The molecular formula is C14H18O2S. The summed E-state index contributed by atoms with van der Waals surface area (Å²) >= 11 is 1.88. The molecule has 0 amide bonds. The molecule has 0 bridgehead atoms. The number of aliphatic carboxylic acids is 1. The van der Waals surface area contributed by atoms with E-state index in [1.165, 1.54) is 5.75 Å². The number of thioether (sulfide) groups is 1. The maximum absolute atomic E-state index is 11.5. The Morgan fingerprint density at radius 3 is 2.94 bits per heavy atom. The molecule has 3 heteroatoms. The molecule has 1 saturated heterocycles. The van der Waals surface area contributed by atoms with Gasteiger partial charge in [-0.1, -0.05) is 29.8 Å². The van der Waals surface area contributed by atoms with Gasteiger partial charge >= 0.3 is 5.97 Å². The van der Waals surface area contributed by atoms with Gasteiger partial charge in [0.05, 0.1) is 5.92 Å². The number of rotatable bonds is 3. The quantitative estimate of drug-likeness (QED) is 0.894. The average Bonchev–Trinajstić information content (AvgIpc) is 2.30. The second-order valence-corrected chi connectivity index (χ2v) is 5.86. The van der Waals surface area contributed by atoms with Gasteiger partial charge in [0.1, 0.15) is 0 Å². The van der Waals surface area contributed by atoms with Crippen LogP contribution >= 0.6 is 11.8 Å². The molecule has 1 aliphatic rings. The monoisotopic (exact) mass is 250 g/mol. The molecule has 1 heterocycles. The Kier molecular flexibility index (Phi) is 4.11. The zero-order valence-electron chi connectivity index (χ0n) is 10.1. The molecule has 0 saturated carbocycles. The van der Waals surface area contributed by atoms with Gasteiger partial charge in [-0.25, -0.2) is 0 Å². The highest BCUT2D eigenvalue weighted by Gasteiger charge is 2.30. The van der Waals surface area contributed by atoms with E-state index in [0.717, 1.165) is 29.7 Å². The van der Waals surface area contributed by atoms with Crippen molar-refractivity contribution in [2.75, 3.05) is 11.5 Å². The van der Waals surface area contributed by atoms with Crippen LogP contribution in [0.1, 0.15) is 29.9 Å². The minimum absolute atomic E-state index is 0.285. The Labute approximate surface area is 106 Å². The summed E-state index contributed by atoms with van der Waals surface area (Å²) in [6.07, 6.45) is 2.18. The third kappa shape index (κ3) is 3.03. The molecule has 1 aliphatic heterocycles. The first kappa shape index (κ1) is 12.5. The van der Waals surface area contributed by atoms with E-state index in [0.29, 0.717) is 0 Å². The highest BCUT2D eigenvalue weighted by Crippen LogP contribution is 2.35. The molecule has 1 fully saturated rings. The highest BCUT2D eigenvalue weighted by molar-refractivity contribution is 7.99. The molecule has 92 valence electrons. The first-order valence-electron chi connectivity index (χ1n) is 6.05. The topological polar surface area (TPSA) is 37.3 Å². The third-order valence-electron chi connectivity index (χ3n) is 3.33. The molecule has 0 aromatic heterocycles. The van der Waals surface area contributed by atoms with Crippen molar-refractivity contribution in [1.82, 2.24) is 0 Å². The molecule has 1 N–H and O–H groups in total. The van der Waals surface area contributed by atoms with Gasteiger partial charge in [-0.15, -0.1) is 0 Å². The first-order chi connectivity index (χ1) is 8.18. The van der Waals surface area contributed by atoms with E-state index in [9.17, 15) is 9.90 Å². The zero-order chi connectivity index (χ0) is 12.3. The van der Waals surface area contributed by atoms with E-state index in [1.54, 1.807) is 0 Å². The molecular weight excluding hydrogens is 232 g/mol. The second kappa shape index (κ2) is 5.58. The van der Waals surface area contributed by atoms with Gasteiger partial charge in [-0.2, -0.15) is 11.8 Å². The predicted molar refractivity (Wildman–Crippen MR) is 71.6 cm³/mol. The lowest BCUT2D eigenvalue weighted by Crippen LogP contribution is -2.25. The number of carbonyl (C=O) groups is 1. The summed E-state index contributed by atoms with van der Waals surface area (Å²) in [4.78, 5) is 11.5. The molecule has 2 rings (SSSR count). The lowest BCUT2D eigenvalue weighted by Gasteiger charge is -2.27. The Balaban J connectivity index is 2.25. The Morgan fingerprint density at radius 1 is 1.53 bits per heavy atom. The van der Waals surface area contributed by atoms with Crippen molar-refractivity contribution in [2.45, 2.75) is 25.7 Å². The Morgan fingerprint density at radius 2 is 2.35 bits per heavy atom. The van der Waals surface area contributed by atoms with E-state index in [1.807, 2.05) is 43.0 Å². The number of carboxylic acids is 1. The lowest BCUT2D eigenvalue weighted by atomic mass is 9.84. The number of aryl methyl sites for hydroxylation is 1. The first-order valence-corrected chi connectivity index (χ1v) is 7.21. The maximum Gasteiger partial charge on any atom is 0.311 e. The van der Waals surface area contributed by atoms with Crippen LogP contribution < -0.4 is 0 Å². The average molecular weight is 250 g/mol. The van der Waals surface area contributed by atoms with Crippen LogP contribution in [0.3, 0.4) is 0 Å². The van der Waals surface area contributed by atoms with Crippen LogP contribution in [0.25, 0.3) is 0 Å². The van der Waals surface area contributed by atoms with Crippen molar-refractivity contribution >= 4 is 17.7 Å². The molecule has 0 aliphatic carbocycles. The summed E-state index contributed by atoms with van der Waals surface area (Å²) in [6.45, 7) is 2.01. The van der Waals surface area contributed by atoms with Gasteiger partial charge in [0, 0.05) is 0 Å². The largest absolute Gasteiger partial charge is 0.481 e. The molecule has 1 aromatic carbocycles. The van der Waals surface area contributed by atoms with Crippen LogP contribution in [0.4, 0.5) is 0 Å². The van der Waals surface area contributed by atoms with Crippen LogP contribution in [0.2, 0.25) is 0 Å². The molecule has 2 unspecified atom stereocenters. The minimum atomic E-state index is -0.678. The van der Waals surface area contributed by atoms with Crippen LogP contribution in [0, 0.1) is 12.8 Å². The fourth-order valence-electron chi connectivity index (χ4n) is 2.51. The smallest absolute Gasteiger partial charge is 0.311 e. The van der Waals surface area contributed by atoms with Crippen molar-refractivity contribution in [3.05, 3.63) is 35.4 Å². The third-order valence-corrected chi connectivity index (χ3v) is 4.58. The van der Waals surface area contributed by atoms with Crippen molar-refractivity contribution in [3.63, 3.8) is 0 Å². The van der Waals surface area contributed by atoms with E-state index < -0.39 is 5.97 Å². The highest BCUT2D eigenvalue weighted by atomic mass is 32.2. The lowest BCUT2D eigenvalue weighted by molar-refractivity contribution is -0.140. The molecule has 0 radical (unpaired) electrons. The number of benzene rings is 1. The van der Waals surface area contributed by atoms with Crippen LogP contribution in [-0.4, -0.2) is 22.6 Å². The van der Waals surface area contributed by atoms with Gasteiger partial charge in [0.15, 0.2) is 0 Å². The van der Waals surface area contributed by atoms with Gasteiger partial charge in [0.25, 0.3) is 0 Å². The fourth-order valence-corrected chi connectivity index (χ4v) is 3.71. The Hall–Kier alpha value is -0.960. The summed E-state index contributed by atoms with van der Waals surface area (Å²) < 4.78 is 0. The van der Waals surface area contributed by atoms with Crippen LogP contribution in [0.5, 0.6) is 0 Å². The second-order valence-electron chi connectivity index (χ2n) is 4.71. The minimum Gasteiger partial charge on any atom is -0.481 e. The fraction of sp³-hybridized carbons (Fsp3) is 0.500. The van der Waals surface area contributed by atoms with Gasteiger partial charge in [-0.3, -0.25) is 4.79 Å². The molecule has 2 atom stereocenters. The molecule has 2 nitrogen and oxygen atoms in total. The van der Waals surface area contributed by atoms with E-state index in [4.69, 9.17) is 0 Å². The summed E-state index contributed by atoms with van der Waals surface area (Å²) in [6, 6.07) is 7.93.